The summed E-state index contributed by atoms with van der Waals surface area (Å²) in [5.74, 6) is 2.79. The number of anilines is 1. The average Bonchev–Trinajstić information content (AvgIpc) is 3.38. The molecule has 4 rings (SSSR count). The van der Waals surface area contributed by atoms with Gasteiger partial charge in [-0.25, -0.2) is 4.98 Å². The summed E-state index contributed by atoms with van der Waals surface area (Å²) in [7, 11) is 5.89. The first-order valence-corrected chi connectivity index (χ1v) is 9.00. The number of hydrogen-bond donors (Lipinski definition) is 0. The van der Waals surface area contributed by atoms with Gasteiger partial charge in [0.2, 0.25) is 5.82 Å². The third kappa shape index (κ3) is 3.64. The van der Waals surface area contributed by atoms with Crippen molar-refractivity contribution in [2.75, 3.05) is 39.2 Å². The highest BCUT2D eigenvalue weighted by Crippen LogP contribution is 2.26. The van der Waals surface area contributed by atoms with Crippen molar-refractivity contribution in [2.45, 2.75) is 12.5 Å². The summed E-state index contributed by atoms with van der Waals surface area (Å²) in [5, 5.41) is 4.08. The molecule has 0 amide bonds. The van der Waals surface area contributed by atoms with E-state index in [9.17, 15) is 0 Å². The Morgan fingerprint density at radius 1 is 1.11 bits per heavy atom. The van der Waals surface area contributed by atoms with E-state index in [0.717, 1.165) is 42.2 Å². The quantitative estimate of drug-likeness (QED) is 0.688. The molecule has 27 heavy (non-hydrogen) atoms. The highest BCUT2D eigenvalue weighted by Gasteiger charge is 2.24. The molecule has 3 heterocycles. The zero-order chi connectivity index (χ0) is 18.8. The van der Waals surface area contributed by atoms with E-state index in [0.29, 0.717) is 17.8 Å². The van der Waals surface area contributed by atoms with Gasteiger partial charge in [-0.2, -0.15) is 4.98 Å². The number of nitrogens with zero attached hydrogens (tertiary/aromatic N) is 5. The molecule has 1 aromatic carbocycles. The lowest BCUT2D eigenvalue weighted by molar-refractivity contribution is 0.315. The van der Waals surface area contributed by atoms with Crippen LogP contribution in [0.4, 0.5) is 5.82 Å². The van der Waals surface area contributed by atoms with Gasteiger partial charge in [0, 0.05) is 30.9 Å². The molecule has 0 N–H and O–H groups in total. The summed E-state index contributed by atoms with van der Waals surface area (Å²) in [5.41, 5.74) is 1.69. The van der Waals surface area contributed by atoms with E-state index < -0.39 is 0 Å². The van der Waals surface area contributed by atoms with Crippen molar-refractivity contribution in [1.29, 1.82) is 0 Å². The maximum Gasteiger partial charge on any atom is 0.259 e. The maximum absolute atomic E-state index is 5.42. The molecule has 7 nitrogen and oxygen atoms in total. The highest BCUT2D eigenvalue weighted by atomic mass is 16.5. The molecule has 0 aliphatic carbocycles. The van der Waals surface area contributed by atoms with Gasteiger partial charge < -0.3 is 19.1 Å². The number of pyridine rings is 1. The fourth-order valence-corrected chi connectivity index (χ4v) is 3.27. The second-order valence-electron chi connectivity index (χ2n) is 6.91. The molecule has 1 aliphatic heterocycles. The maximum atomic E-state index is 5.42. The van der Waals surface area contributed by atoms with Crippen LogP contribution >= 0.6 is 0 Å². The third-order valence-corrected chi connectivity index (χ3v) is 4.99. The van der Waals surface area contributed by atoms with Crippen molar-refractivity contribution < 1.29 is 9.26 Å². The molecule has 1 atom stereocenters. The second kappa shape index (κ2) is 7.36. The molecule has 1 fully saturated rings. The fourth-order valence-electron chi connectivity index (χ4n) is 3.27. The molecule has 1 aliphatic rings. The lowest BCUT2D eigenvalue weighted by Gasteiger charge is -2.21. The summed E-state index contributed by atoms with van der Waals surface area (Å²) < 4.78 is 10.6. The summed E-state index contributed by atoms with van der Waals surface area (Å²) >= 11 is 0. The molecule has 0 saturated carbocycles. The van der Waals surface area contributed by atoms with Crippen LogP contribution in [0.1, 0.15) is 6.42 Å². The molecule has 140 valence electrons. The van der Waals surface area contributed by atoms with Gasteiger partial charge in [-0.05, 0) is 56.9 Å². The van der Waals surface area contributed by atoms with Crippen molar-refractivity contribution in [2.24, 2.45) is 0 Å². The molecule has 0 radical (unpaired) electrons. The van der Waals surface area contributed by atoms with Crippen LogP contribution in [-0.2, 0) is 0 Å². The number of hydrogen-bond acceptors (Lipinski definition) is 7. The van der Waals surface area contributed by atoms with Crippen molar-refractivity contribution in [3.05, 3.63) is 42.6 Å². The largest absolute Gasteiger partial charge is 0.497 e. The smallest absolute Gasteiger partial charge is 0.259 e. The van der Waals surface area contributed by atoms with Crippen molar-refractivity contribution >= 4 is 5.82 Å². The summed E-state index contributed by atoms with van der Waals surface area (Å²) in [6, 6.07) is 12.1. The minimum atomic E-state index is 0.465. The normalized spacial score (nSPS) is 16.9. The predicted octanol–water partition coefficient (Wildman–Crippen LogP) is 2.95. The highest BCUT2D eigenvalue weighted by molar-refractivity contribution is 5.61. The number of aromatic nitrogens is 3. The number of rotatable bonds is 5. The Kier molecular flexibility index (Phi) is 4.77. The van der Waals surface area contributed by atoms with Gasteiger partial charge in [0.15, 0.2) is 0 Å². The van der Waals surface area contributed by atoms with Gasteiger partial charge in [-0.3, -0.25) is 0 Å². The number of ether oxygens (including phenoxy) is 1. The number of likely N-dealkylation sites (N-methyl/N-ethyl adjacent to an activating group) is 1. The average molecular weight is 365 g/mol. The predicted molar refractivity (Wildman–Crippen MR) is 104 cm³/mol. The monoisotopic (exact) mass is 365 g/mol. The SMILES string of the molecule is COc1ccc(-c2noc(-c3ccc(N4CC[C@@H](N(C)C)C4)nc3)n2)cc1. The molecule has 3 aromatic rings. The molecule has 0 unspecified atom stereocenters. The van der Waals surface area contributed by atoms with Crippen LogP contribution in [-0.4, -0.2) is 60.4 Å². The Morgan fingerprint density at radius 2 is 1.89 bits per heavy atom. The van der Waals surface area contributed by atoms with Gasteiger partial charge in [0.1, 0.15) is 11.6 Å². The topological polar surface area (TPSA) is 67.5 Å². The van der Waals surface area contributed by atoms with Crippen molar-refractivity contribution in [1.82, 2.24) is 20.0 Å². The standard InChI is InChI=1S/C20H23N5O2/c1-24(2)16-10-11-25(13-16)18-9-6-15(12-21-18)20-22-19(23-27-20)14-4-7-17(26-3)8-5-14/h4-9,12,16H,10-11,13H2,1-3H3/t16-/m1/s1. The fraction of sp³-hybridized carbons (Fsp3) is 0.350. The summed E-state index contributed by atoms with van der Waals surface area (Å²) in [6.07, 6.45) is 2.95. The van der Waals surface area contributed by atoms with Crippen LogP contribution in [0.15, 0.2) is 47.1 Å². The van der Waals surface area contributed by atoms with Gasteiger partial charge >= 0.3 is 0 Å². The van der Waals surface area contributed by atoms with Crippen LogP contribution in [0.3, 0.4) is 0 Å². The van der Waals surface area contributed by atoms with Crippen LogP contribution in [0, 0.1) is 0 Å². The molecule has 0 bridgehead atoms. The van der Waals surface area contributed by atoms with Gasteiger partial charge in [-0.1, -0.05) is 5.16 Å². The second-order valence-corrected chi connectivity index (χ2v) is 6.91. The van der Waals surface area contributed by atoms with Crippen LogP contribution in [0.5, 0.6) is 5.75 Å². The van der Waals surface area contributed by atoms with E-state index in [1.54, 1.807) is 13.3 Å². The lowest BCUT2D eigenvalue weighted by Crippen LogP contribution is -2.31. The van der Waals surface area contributed by atoms with Crippen LogP contribution in [0.2, 0.25) is 0 Å². The van der Waals surface area contributed by atoms with Crippen molar-refractivity contribution in [3.8, 4) is 28.6 Å². The minimum absolute atomic E-state index is 0.465. The van der Waals surface area contributed by atoms with Gasteiger partial charge in [-0.15, -0.1) is 0 Å². The Labute approximate surface area is 158 Å². The molecule has 1 saturated heterocycles. The van der Waals surface area contributed by atoms with E-state index in [1.165, 1.54) is 0 Å². The first-order chi connectivity index (χ1) is 13.1. The number of benzene rings is 1. The Hall–Kier alpha value is -2.93. The number of methoxy groups -OCH3 is 1. The van der Waals surface area contributed by atoms with Gasteiger partial charge in [0.05, 0.1) is 12.7 Å². The summed E-state index contributed by atoms with van der Waals surface area (Å²) in [6.45, 7) is 2.03. The van der Waals surface area contributed by atoms with Crippen LogP contribution in [0.25, 0.3) is 22.8 Å². The summed E-state index contributed by atoms with van der Waals surface area (Å²) in [4.78, 5) is 13.7. The van der Waals surface area contributed by atoms with E-state index in [4.69, 9.17) is 9.26 Å². The first kappa shape index (κ1) is 17.5. The molecule has 2 aromatic heterocycles. The molecular weight excluding hydrogens is 342 g/mol. The van der Waals surface area contributed by atoms with Crippen LogP contribution < -0.4 is 9.64 Å². The Balaban J connectivity index is 1.49. The van der Waals surface area contributed by atoms with E-state index >= 15 is 0 Å². The van der Waals surface area contributed by atoms with Crippen molar-refractivity contribution in [3.63, 3.8) is 0 Å². The molecule has 7 heteroatoms. The molecule has 0 spiro atoms. The van der Waals surface area contributed by atoms with E-state index in [2.05, 4.69) is 39.0 Å². The Morgan fingerprint density at radius 3 is 2.52 bits per heavy atom. The zero-order valence-corrected chi connectivity index (χ0v) is 15.8. The lowest BCUT2D eigenvalue weighted by atomic mass is 10.2. The molecular formula is C20H23N5O2. The Bertz CT molecular complexity index is 889. The van der Waals surface area contributed by atoms with E-state index in [1.807, 2.05) is 36.4 Å². The van der Waals surface area contributed by atoms with E-state index in [-0.39, 0.29) is 0 Å². The third-order valence-electron chi connectivity index (χ3n) is 4.99. The van der Waals surface area contributed by atoms with Gasteiger partial charge in [0.25, 0.3) is 5.89 Å². The minimum Gasteiger partial charge on any atom is -0.497 e. The first-order valence-electron chi connectivity index (χ1n) is 9.00. The zero-order valence-electron chi connectivity index (χ0n) is 15.8.